The van der Waals surface area contributed by atoms with Gasteiger partial charge in [0.1, 0.15) is 35.5 Å². The molecule has 140 valence electrons. The quantitative estimate of drug-likeness (QED) is 0.640. The van der Waals surface area contributed by atoms with E-state index < -0.39 is 5.91 Å². The van der Waals surface area contributed by atoms with Crippen molar-refractivity contribution in [2.24, 2.45) is 5.73 Å². The molecule has 0 spiro atoms. The third kappa shape index (κ3) is 4.98. The van der Waals surface area contributed by atoms with E-state index in [-0.39, 0.29) is 12.2 Å². The molecule has 0 radical (unpaired) electrons. The van der Waals surface area contributed by atoms with Crippen molar-refractivity contribution >= 4 is 17.2 Å². The Morgan fingerprint density at radius 3 is 2.52 bits per heavy atom. The van der Waals surface area contributed by atoms with Gasteiger partial charge in [-0.25, -0.2) is 4.98 Å². The SMILES string of the molecule is COc1ccc(OCc2csc(COc3ccc(C)cc3)n2)c(C(N)=O)c1. The second-order valence-corrected chi connectivity index (χ2v) is 6.79. The van der Waals surface area contributed by atoms with Crippen molar-refractivity contribution in [1.29, 1.82) is 0 Å². The minimum Gasteiger partial charge on any atom is -0.497 e. The first-order valence-corrected chi connectivity index (χ1v) is 9.16. The molecule has 2 aromatic carbocycles. The number of aryl methyl sites for hydroxylation is 1. The molecule has 0 fully saturated rings. The van der Waals surface area contributed by atoms with E-state index in [0.717, 1.165) is 16.5 Å². The largest absolute Gasteiger partial charge is 0.497 e. The molecule has 1 heterocycles. The first-order chi connectivity index (χ1) is 13.0. The molecule has 1 aromatic heterocycles. The highest BCUT2D eigenvalue weighted by atomic mass is 32.1. The molecule has 0 bridgehead atoms. The molecular weight excluding hydrogens is 364 g/mol. The van der Waals surface area contributed by atoms with E-state index in [9.17, 15) is 4.79 Å². The molecule has 3 rings (SSSR count). The lowest BCUT2D eigenvalue weighted by Gasteiger charge is -2.10. The summed E-state index contributed by atoms with van der Waals surface area (Å²) in [5, 5.41) is 2.75. The Kier molecular flexibility index (Phi) is 5.93. The fourth-order valence-corrected chi connectivity index (χ4v) is 3.06. The van der Waals surface area contributed by atoms with Crippen LogP contribution in [-0.4, -0.2) is 18.0 Å². The number of carbonyl (C=O) groups is 1. The van der Waals surface area contributed by atoms with Gasteiger partial charge in [-0.05, 0) is 37.3 Å². The van der Waals surface area contributed by atoms with Gasteiger partial charge in [0.05, 0.1) is 18.4 Å². The predicted molar refractivity (Wildman–Crippen MR) is 103 cm³/mol. The number of ether oxygens (including phenoxy) is 3. The van der Waals surface area contributed by atoms with Gasteiger partial charge in [-0.3, -0.25) is 4.79 Å². The maximum absolute atomic E-state index is 11.6. The lowest BCUT2D eigenvalue weighted by molar-refractivity contribution is 0.0995. The number of nitrogens with zero attached hydrogens (tertiary/aromatic N) is 1. The summed E-state index contributed by atoms with van der Waals surface area (Å²) < 4.78 is 16.6. The van der Waals surface area contributed by atoms with Gasteiger partial charge in [-0.15, -0.1) is 11.3 Å². The van der Waals surface area contributed by atoms with Crippen LogP contribution in [0.2, 0.25) is 0 Å². The van der Waals surface area contributed by atoms with Gasteiger partial charge in [-0.2, -0.15) is 0 Å². The van der Waals surface area contributed by atoms with Gasteiger partial charge in [0.25, 0.3) is 5.91 Å². The number of primary amides is 1. The molecule has 0 aliphatic heterocycles. The van der Waals surface area contributed by atoms with Crippen LogP contribution in [0.15, 0.2) is 47.8 Å². The van der Waals surface area contributed by atoms with E-state index >= 15 is 0 Å². The van der Waals surface area contributed by atoms with Gasteiger partial charge in [0.2, 0.25) is 0 Å². The number of hydrogen-bond acceptors (Lipinski definition) is 6. The maximum atomic E-state index is 11.6. The van der Waals surface area contributed by atoms with E-state index in [0.29, 0.717) is 18.1 Å². The molecule has 0 aliphatic carbocycles. The lowest BCUT2D eigenvalue weighted by atomic mass is 10.2. The minimum absolute atomic E-state index is 0.230. The van der Waals surface area contributed by atoms with Crippen LogP contribution in [0.1, 0.15) is 26.6 Å². The average Bonchev–Trinajstić information content (AvgIpc) is 3.13. The van der Waals surface area contributed by atoms with Gasteiger partial charge in [0.15, 0.2) is 0 Å². The Morgan fingerprint density at radius 2 is 1.81 bits per heavy atom. The number of nitrogens with two attached hydrogens (primary N) is 1. The fourth-order valence-electron chi connectivity index (χ4n) is 2.37. The molecule has 3 aromatic rings. The third-order valence-electron chi connectivity index (χ3n) is 3.81. The Balaban J connectivity index is 1.59. The van der Waals surface area contributed by atoms with Crippen molar-refractivity contribution in [3.8, 4) is 17.2 Å². The second kappa shape index (κ2) is 8.55. The zero-order valence-corrected chi connectivity index (χ0v) is 15.9. The molecule has 0 saturated carbocycles. The number of thiazole rings is 1. The van der Waals surface area contributed by atoms with E-state index in [1.54, 1.807) is 18.2 Å². The fraction of sp³-hybridized carbons (Fsp3) is 0.200. The van der Waals surface area contributed by atoms with E-state index in [4.69, 9.17) is 19.9 Å². The normalized spacial score (nSPS) is 10.4. The highest BCUT2D eigenvalue weighted by Gasteiger charge is 2.12. The summed E-state index contributed by atoms with van der Waals surface area (Å²) in [7, 11) is 1.52. The smallest absolute Gasteiger partial charge is 0.252 e. The lowest BCUT2D eigenvalue weighted by Crippen LogP contribution is -2.13. The van der Waals surface area contributed by atoms with Crippen LogP contribution < -0.4 is 19.9 Å². The predicted octanol–water partition coefficient (Wildman–Crippen LogP) is 3.72. The molecule has 7 heteroatoms. The molecule has 1 amide bonds. The van der Waals surface area contributed by atoms with E-state index in [2.05, 4.69) is 4.98 Å². The Hall–Kier alpha value is -3.06. The molecule has 0 aliphatic rings. The van der Waals surface area contributed by atoms with Crippen LogP contribution >= 0.6 is 11.3 Å². The molecule has 6 nitrogen and oxygen atoms in total. The van der Waals surface area contributed by atoms with Gasteiger partial charge < -0.3 is 19.9 Å². The molecule has 0 unspecified atom stereocenters. The van der Waals surface area contributed by atoms with Crippen molar-refractivity contribution in [2.75, 3.05) is 7.11 Å². The maximum Gasteiger partial charge on any atom is 0.252 e. The topological polar surface area (TPSA) is 83.7 Å². The molecule has 0 saturated heterocycles. The number of amides is 1. The van der Waals surface area contributed by atoms with E-state index in [1.807, 2.05) is 36.6 Å². The highest BCUT2D eigenvalue weighted by molar-refractivity contribution is 7.09. The molecular formula is C20H20N2O4S. The van der Waals surface area contributed by atoms with Crippen molar-refractivity contribution in [3.63, 3.8) is 0 Å². The third-order valence-corrected chi connectivity index (χ3v) is 4.68. The number of methoxy groups -OCH3 is 1. The second-order valence-electron chi connectivity index (χ2n) is 5.85. The van der Waals surface area contributed by atoms with Crippen molar-refractivity contribution < 1.29 is 19.0 Å². The zero-order valence-electron chi connectivity index (χ0n) is 15.1. The summed E-state index contributed by atoms with van der Waals surface area (Å²) in [6.07, 6.45) is 0. The first kappa shape index (κ1) is 18.7. The standard InChI is InChI=1S/C20H20N2O4S/c1-13-3-5-15(6-4-13)25-11-19-22-14(12-27-19)10-26-18-8-7-16(24-2)9-17(18)20(21)23/h3-9,12H,10-11H2,1-2H3,(H2,21,23). The van der Waals surface area contributed by atoms with Gasteiger partial charge in [0, 0.05) is 5.38 Å². The number of carbonyl (C=O) groups excluding carboxylic acids is 1. The van der Waals surface area contributed by atoms with Crippen LogP contribution in [-0.2, 0) is 13.2 Å². The Bertz CT molecular complexity index is 922. The number of rotatable bonds is 8. The summed E-state index contributed by atoms with van der Waals surface area (Å²) >= 11 is 1.50. The van der Waals surface area contributed by atoms with Crippen LogP contribution in [0, 0.1) is 6.92 Å². The highest BCUT2D eigenvalue weighted by Crippen LogP contribution is 2.25. The summed E-state index contributed by atoms with van der Waals surface area (Å²) in [5.41, 5.74) is 7.62. The first-order valence-electron chi connectivity index (χ1n) is 8.28. The number of aromatic nitrogens is 1. The van der Waals surface area contributed by atoms with Crippen LogP contribution in [0.5, 0.6) is 17.2 Å². The van der Waals surface area contributed by atoms with Crippen molar-refractivity contribution in [3.05, 3.63) is 69.7 Å². The number of benzene rings is 2. The van der Waals surface area contributed by atoms with Crippen LogP contribution in [0.3, 0.4) is 0 Å². The van der Waals surface area contributed by atoms with Crippen molar-refractivity contribution in [1.82, 2.24) is 4.98 Å². The monoisotopic (exact) mass is 384 g/mol. The number of hydrogen-bond donors (Lipinski definition) is 1. The van der Waals surface area contributed by atoms with Crippen LogP contribution in [0.4, 0.5) is 0 Å². The van der Waals surface area contributed by atoms with Gasteiger partial charge in [-0.1, -0.05) is 17.7 Å². The average molecular weight is 384 g/mol. The van der Waals surface area contributed by atoms with E-state index in [1.165, 1.54) is 24.0 Å². The van der Waals surface area contributed by atoms with Crippen molar-refractivity contribution in [2.45, 2.75) is 20.1 Å². The molecule has 27 heavy (non-hydrogen) atoms. The zero-order chi connectivity index (χ0) is 19.2. The summed E-state index contributed by atoms with van der Waals surface area (Å²) in [4.78, 5) is 16.1. The summed E-state index contributed by atoms with van der Waals surface area (Å²) in [5.74, 6) is 1.17. The molecule has 0 atom stereocenters. The summed E-state index contributed by atoms with van der Waals surface area (Å²) in [6.45, 7) is 2.65. The Morgan fingerprint density at radius 1 is 1.07 bits per heavy atom. The van der Waals surface area contributed by atoms with Crippen LogP contribution in [0.25, 0.3) is 0 Å². The molecule has 2 N–H and O–H groups in total. The Labute approximate surface area is 161 Å². The van der Waals surface area contributed by atoms with Gasteiger partial charge >= 0.3 is 0 Å². The minimum atomic E-state index is -0.575. The summed E-state index contributed by atoms with van der Waals surface area (Å²) in [6, 6.07) is 12.8.